The van der Waals surface area contributed by atoms with Gasteiger partial charge in [-0.25, -0.2) is 0 Å². The van der Waals surface area contributed by atoms with Crippen LogP contribution in [0.25, 0.3) is 0 Å². The number of piperidine rings is 1. The quantitative estimate of drug-likeness (QED) is 0.619. The van der Waals surface area contributed by atoms with E-state index in [0.29, 0.717) is 6.42 Å². The summed E-state index contributed by atoms with van der Waals surface area (Å²) in [6.45, 7) is 6.42. The zero-order chi connectivity index (χ0) is 11.3. The van der Waals surface area contributed by atoms with Gasteiger partial charge in [-0.2, -0.15) is 0 Å². The molecule has 1 N–H and O–H groups in total. The van der Waals surface area contributed by atoms with Gasteiger partial charge in [0.25, 0.3) is 0 Å². The third-order valence-corrected chi connectivity index (χ3v) is 4.22. The van der Waals surface area contributed by atoms with Gasteiger partial charge in [0.1, 0.15) is 0 Å². The molecule has 15 heavy (non-hydrogen) atoms. The van der Waals surface area contributed by atoms with Gasteiger partial charge in [-0.05, 0) is 30.1 Å². The van der Waals surface area contributed by atoms with Gasteiger partial charge in [0.2, 0.25) is 11.8 Å². The van der Waals surface area contributed by atoms with Crippen molar-refractivity contribution >= 4 is 11.8 Å². The van der Waals surface area contributed by atoms with Crippen LogP contribution in [0.2, 0.25) is 0 Å². The lowest BCUT2D eigenvalue weighted by Gasteiger charge is -2.38. The van der Waals surface area contributed by atoms with Gasteiger partial charge in [0.15, 0.2) is 0 Å². The molecule has 0 aromatic heterocycles. The van der Waals surface area contributed by atoms with Crippen molar-refractivity contribution in [2.24, 2.45) is 16.7 Å². The van der Waals surface area contributed by atoms with Gasteiger partial charge in [0, 0.05) is 12.3 Å². The molecule has 2 fully saturated rings. The molecule has 1 aliphatic heterocycles. The minimum Gasteiger partial charge on any atom is -0.296 e. The highest BCUT2D eigenvalue weighted by molar-refractivity contribution is 5.99. The molecule has 2 amide bonds. The lowest BCUT2D eigenvalue weighted by Crippen LogP contribution is -2.50. The Hall–Kier alpha value is -0.860. The summed E-state index contributed by atoms with van der Waals surface area (Å²) in [6, 6.07) is 0. The van der Waals surface area contributed by atoms with Crippen molar-refractivity contribution < 1.29 is 9.59 Å². The number of hydrogen-bond donors (Lipinski definition) is 1. The first-order valence-electron chi connectivity index (χ1n) is 5.68. The Morgan fingerprint density at radius 1 is 1.27 bits per heavy atom. The fourth-order valence-electron chi connectivity index (χ4n) is 3.28. The molecule has 0 bridgehead atoms. The first-order chi connectivity index (χ1) is 6.85. The van der Waals surface area contributed by atoms with Crippen LogP contribution in [0.15, 0.2) is 0 Å². The van der Waals surface area contributed by atoms with Crippen LogP contribution in [-0.4, -0.2) is 11.8 Å². The molecule has 84 valence electrons. The van der Waals surface area contributed by atoms with Gasteiger partial charge < -0.3 is 0 Å². The second kappa shape index (κ2) is 3.06. The molecule has 0 aromatic carbocycles. The van der Waals surface area contributed by atoms with Gasteiger partial charge in [-0.1, -0.05) is 20.8 Å². The van der Waals surface area contributed by atoms with Gasteiger partial charge in [0.05, 0.1) is 0 Å². The van der Waals surface area contributed by atoms with Crippen LogP contribution in [0.1, 0.15) is 46.5 Å². The van der Waals surface area contributed by atoms with Crippen LogP contribution in [0.3, 0.4) is 0 Å². The lowest BCUT2D eigenvalue weighted by atomic mass is 9.68. The molecule has 0 aromatic rings. The van der Waals surface area contributed by atoms with E-state index in [9.17, 15) is 9.59 Å². The zero-order valence-corrected chi connectivity index (χ0v) is 9.72. The maximum Gasteiger partial charge on any atom is 0.229 e. The summed E-state index contributed by atoms with van der Waals surface area (Å²) in [7, 11) is 0. The molecule has 2 rings (SSSR count). The monoisotopic (exact) mass is 209 g/mol. The van der Waals surface area contributed by atoms with E-state index < -0.39 is 0 Å². The third kappa shape index (κ3) is 1.68. The van der Waals surface area contributed by atoms with Crippen molar-refractivity contribution in [2.45, 2.75) is 46.5 Å². The maximum atomic E-state index is 11.6. The van der Waals surface area contributed by atoms with Crippen LogP contribution < -0.4 is 5.32 Å². The predicted octanol–water partition coefficient (Wildman–Crippen LogP) is 1.87. The molecule has 1 saturated heterocycles. The summed E-state index contributed by atoms with van der Waals surface area (Å²) in [5, 5.41) is 2.43. The zero-order valence-electron chi connectivity index (χ0n) is 9.72. The highest BCUT2D eigenvalue weighted by atomic mass is 16.2. The topological polar surface area (TPSA) is 46.2 Å². The van der Waals surface area contributed by atoms with Gasteiger partial charge >= 0.3 is 0 Å². The molecule has 2 aliphatic rings. The first kappa shape index (κ1) is 10.7. The third-order valence-electron chi connectivity index (χ3n) is 4.22. The highest BCUT2D eigenvalue weighted by Crippen LogP contribution is 2.55. The van der Waals surface area contributed by atoms with Gasteiger partial charge in [-0.3, -0.25) is 14.9 Å². The van der Waals surface area contributed by atoms with E-state index in [1.54, 1.807) is 0 Å². The largest absolute Gasteiger partial charge is 0.296 e. The van der Waals surface area contributed by atoms with Crippen LogP contribution in [0.4, 0.5) is 0 Å². The van der Waals surface area contributed by atoms with Crippen LogP contribution in [0.5, 0.6) is 0 Å². The van der Waals surface area contributed by atoms with E-state index >= 15 is 0 Å². The molecule has 3 heteroatoms. The Balaban J connectivity index is 2.27. The molecule has 1 saturated carbocycles. The van der Waals surface area contributed by atoms with E-state index in [-0.39, 0.29) is 28.6 Å². The Morgan fingerprint density at radius 2 is 1.93 bits per heavy atom. The van der Waals surface area contributed by atoms with E-state index in [1.165, 1.54) is 0 Å². The summed E-state index contributed by atoms with van der Waals surface area (Å²) in [5.74, 6) is -0.184. The number of hydrogen-bond acceptors (Lipinski definition) is 2. The molecule has 0 radical (unpaired) electrons. The molecule has 2 unspecified atom stereocenters. The molecule has 3 nitrogen and oxygen atoms in total. The normalized spacial score (nSPS) is 39.5. The Morgan fingerprint density at radius 3 is 2.47 bits per heavy atom. The molecular formula is C12H19NO2. The van der Waals surface area contributed by atoms with Gasteiger partial charge in [-0.15, -0.1) is 0 Å². The molecule has 1 spiro atoms. The van der Waals surface area contributed by atoms with Crippen molar-refractivity contribution in [3.8, 4) is 0 Å². The number of imide groups is 1. The van der Waals surface area contributed by atoms with Crippen LogP contribution in [0, 0.1) is 16.7 Å². The fraction of sp³-hybridized carbons (Fsp3) is 0.833. The highest BCUT2D eigenvalue weighted by Gasteiger charge is 2.52. The lowest BCUT2D eigenvalue weighted by molar-refractivity contribution is -0.143. The second-order valence-corrected chi connectivity index (χ2v) is 6.01. The Bertz CT molecular complexity index is 322. The van der Waals surface area contributed by atoms with Crippen molar-refractivity contribution in [3.05, 3.63) is 0 Å². The standard InChI is InChI=1S/C12H19NO2/c1-8-10(15)13-9(14)6-12(8)5-4-11(2,3)7-12/h8H,4-7H2,1-3H3,(H,13,14,15). The number of carbonyl (C=O) groups is 2. The smallest absolute Gasteiger partial charge is 0.229 e. The van der Waals surface area contributed by atoms with Crippen LogP contribution in [-0.2, 0) is 9.59 Å². The summed E-state index contributed by atoms with van der Waals surface area (Å²) >= 11 is 0. The maximum absolute atomic E-state index is 11.6. The molecule has 1 heterocycles. The number of rotatable bonds is 0. The summed E-state index contributed by atoms with van der Waals surface area (Å²) in [4.78, 5) is 23.1. The molecule has 2 atom stereocenters. The van der Waals surface area contributed by atoms with E-state index in [0.717, 1.165) is 19.3 Å². The summed E-state index contributed by atoms with van der Waals surface area (Å²) in [5.41, 5.74) is 0.231. The van der Waals surface area contributed by atoms with Crippen molar-refractivity contribution in [1.82, 2.24) is 5.32 Å². The van der Waals surface area contributed by atoms with Crippen molar-refractivity contribution in [2.75, 3.05) is 0 Å². The van der Waals surface area contributed by atoms with E-state index in [2.05, 4.69) is 19.2 Å². The average molecular weight is 209 g/mol. The number of carbonyl (C=O) groups excluding carboxylic acids is 2. The number of nitrogens with one attached hydrogen (secondary N) is 1. The van der Waals surface area contributed by atoms with Crippen LogP contribution >= 0.6 is 0 Å². The minimum atomic E-state index is -0.0872. The van der Waals surface area contributed by atoms with E-state index in [1.807, 2.05) is 6.92 Å². The molecule has 1 aliphatic carbocycles. The fourth-order valence-corrected chi connectivity index (χ4v) is 3.28. The predicted molar refractivity (Wildman–Crippen MR) is 57.0 cm³/mol. The van der Waals surface area contributed by atoms with E-state index in [4.69, 9.17) is 0 Å². The summed E-state index contributed by atoms with van der Waals surface area (Å²) in [6.07, 6.45) is 3.67. The minimum absolute atomic E-state index is 0.0167. The first-order valence-corrected chi connectivity index (χ1v) is 5.68. The SMILES string of the molecule is CC1C(=O)NC(=O)CC12CCC(C)(C)C2. The number of amides is 2. The van der Waals surface area contributed by atoms with Crippen molar-refractivity contribution in [1.29, 1.82) is 0 Å². The molecular weight excluding hydrogens is 190 g/mol. The van der Waals surface area contributed by atoms with Crippen molar-refractivity contribution in [3.63, 3.8) is 0 Å². The second-order valence-electron chi connectivity index (χ2n) is 6.01. The Kier molecular flexibility index (Phi) is 2.18. The summed E-state index contributed by atoms with van der Waals surface area (Å²) < 4.78 is 0. The average Bonchev–Trinajstić information content (AvgIpc) is 2.39. The Labute approximate surface area is 90.6 Å².